The second-order valence-electron chi connectivity index (χ2n) is 5.07. The van der Waals surface area contributed by atoms with Crippen LogP contribution in [0.5, 0.6) is 0 Å². The summed E-state index contributed by atoms with van der Waals surface area (Å²) in [6, 6.07) is 4.30. The van der Waals surface area contributed by atoms with E-state index in [-0.39, 0.29) is 29.4 Å². The zero-order chi connectivity index (χ0) is 13.4. The Morgan fingerprint density at radius 3 is 2.63 bits per heavy atom. The van der Waals surface area contributed by atoms with E-state index in [0.717, 1.165) is 19.0 Å². The number of rotatable bonds is 6. The first-order valence-electron chi connectivity index (χ1n) is 6.58. The van der Waals surface area contributed by atoms with Crippen LogP contribution in [0.4, 0.5) is 0 Å². The van der Waals surface area contributed by atoms with Crippen LogP contribution in [0.25, 0.3) is 0 Å². The number of hydrogen-bond acceptors (Lipinski definition) is 2. The van der Waals surface area contributed by atoms with Crippen LogP contribution in [-0.4, -0.2) is 26.1 Å². The number of nitrogens with one attached hydrogen (secondary N) is 2. The average Bonchev–Trinajstić information content (AvgIpc) is 2.88. The molecule has 2 N–H and O–H groups in total. The average molecular weight is 395 g/mol. The van der Waals surface area contributed by atoms with E-state index in [0.29, 0.717) is 0 Å². The van der Waals surface area contributed by atoms with Gasteiger partial charge in [-0.1, -0.05) is 33.3 Å². The standard InChI is InChI=1S/C14H25N3S.HI/c1-5-6-9-16-13(15-4)17-11-14(2,3)12-8-7-10-18-12;/h7-8,10H,5-6,9,11H2,1-4H3,(H2,15,16,17);1H. The van der Waals surface area contributed by atoms with E-state index in [2.05, 4.69) is 53.9 Å². The van der Waals surface area contributed by atoms with Gasteiger partial charge in [0.1, 0.15) is 0 Å². The molecule has 0 aromatic carbocycles. The lowest BCUT2D eigenvalue weighted by atomic mass is 9.91. The van der Waals surface area contributed by atoms with Crippen molar-refractivity contribution in [2.24, 2.45) is 4.99 Å². The lowest BCUT2D eigenvalue weighted by Crippen LogP contribution is -2.43. The van der Waals surface area contributed by atoms with Crippen LogP contribution < -0.4 is 10.6 Å². The zero-order valence-electron chi connectivity index (χ0n) is 12.3. The second kappa shape index (κ2) is 9.58. The maximum Gasteiger partial charge on any atom is 0.191 e. The molecule has 1 aromatic rings. The summed E-state index contributed by atoms with van der Waals surface area (Å²) in [6.45, 7) is 8.57. The number of nitrogens with zero attached hydrogens (tertiary/aromatic N) is 1. The molecule has 0 fully saturated rings. The highest BCUT2D eigenvalue weighted by Crippen LogP contribution is 2.26. The van der Waals surface area contributed by atoms with E-state index in [9.17, 15) is 0 Å². The first kappa shape index (κ1) is 18.7. The molecule has 1 rings (SSSR count). The monoisotopic (exact) mass is 395 g/mol. The number of unbranched alkanes of at least 4 members (excludes halogenated alkanes) is 1. The van der Waals surface area contributed by atoms with E-state index in [4.69, 9.17) is 0 Å². The van der Waals surface area contributed by atoms with Gasteiger partial charge in [0.2, 0.25) is 0 Å². The summed E-state index contributed by atoms with van der Waals surface area (Å²) in [7, 11) is 1.82. The quantitative estimate of drug-likeness (QED) is 0.334. The second-order valence-corrected chi connectivity index (χ2v) is 6.01. The van der Waals surface area contributed by atoms with Crippen LogP contribution in [0.3, 0.4) is 0 Å². The Labute approximate surface area is 138 Å². The summed E-state index contributed by atoms with van der Waals surface area (Å²) in [5.74, 6) is 0.896. The molecule has 1 heterocycles. The summed E-state index contributed by atoms with van der Waals surface area (Å²) >= 11 is 1.81. The Hall–Kier alpha value is -0.300. The van der Waals surface area contributed by atoms with Gasteiger partial charge in [0.25, 0.3) is 0 Å². The third-order valence-electron chi connectivity index (χ3n) is 2.93. The third-order valence-corrected chi connectivity index (χ3v) is 4.17. The molecule has 0 unspecified atom stereocenters. The molecule has 1 aromatic heterocycles. The molecule has 0 aliphatic carbocycles. The van der Waals surface area contributed by atoms with Gasteiger partial charge in [0.05, 0.1) is 0 Å². The Balaban J connectivity index is 0.00000324. The smallest absolute Gasteiger partial charge is 0.191 e. The molecule has 110 valence electrons. The summed E-state index contributed by atoms with van der Waals surface area (Å²) in [4.78, 5) is 5.64. The summed E-state index contributed by atoms with van der Waals surface area (Å²) in [5.41, 5.74) is 0.135. The highest BCUT2D eigenvalue weighted by molar-refractivity contribution is 14.0. The van der Waals surface area contributed by atoms with Gasteiger partial charge in [-0.05, 0) is 17.9 Å². The molecule has 19 heavy (non-hydrogen) atoms. The molecule has 0 radical (unpaired) electrons. The number of hydrogen-bond donors (Lipinski definition) is 2. The van der Waals surface area contributed by atoms with E-state index >= 15 is 0 Å². The summed E-state index contributed by atoms with van der Waals surface area (Å²) < 4.78 is 0. The lowest BCUT2D eigenvalue weighted by molar-refractivity contribution is 0.518. The largest absolute Gasteiger partial charge is 0.356 e. The molecule has 0 aliphatic heterocycles. The Bertz CT molecular complexity index is 361. The normalized spacial score (nSPS) is 11.9. The maximum absolute atomic E-state index is 4.24. The van der Waals surface area contributed by atoms with Crippen LogP contribution in [0.2, 0.25) is 0 Å². The topological polar surface area (TPSA) is 36.4 Å². The number of guanidine groups is 1. The molecule has 3 nitrogen and oxygen atoms in total. The molecule has 0 spiro atoms. The van der Waals surface area contributed by atoms with Crippen LogP contribution in [-0.2, 0) is 5.41 Å². The fraction of sp³-hybridized carbons (Fsp3) is 0.643. The SMILES string of the molecule is CCCCNC(=NC)NCC(C)(C)c1cccs1.I. The van der Waals surface area contributed by atoms with Crippen LogP contribution in [0.15, 0.2) is 22.5 Å². The van der Waals surface area contributed by atoms with Crippen molar-refractivity contribution in [1.82, 2.24) is 10.6 Å². The highest BCUT2D eigenvalue weighted by Gasteiger charge is 2.21. The fourth-order valence-electron chi connectivity index (χ4n) is 1.66. The predicted molar refractivity (Wildman–Crippen MR) is 97.0 cm³/mol. The molecule has 0 bridgehead atoms. The molecule has 0 amide bonds. The maximum atomic E-state index is 4.24. The number of aliphatic imine (C=N–C) groups is 1. The molecule has 0 aliphatic rings. The van der Waals surface area contributed by atoms with Crippen LogP contribution in [0.1, 0.15) is 38.5 Å². The van der Waals surface area contributed by atoms with Gasteiger partial charge in [-0.3, -0.25) is 4.99 Å². The van der Waals surface area contributed by atoms with Crippen molar-refractivity contribution in [2.75, 3.05) is 20.1 Å². The van der Waals surface area contributed by atoms with Crippen molar-refractivity contribution in [3.63, 3.8) is 0 Å². The zero-order valence-corrected chi connectivity index (χ0v) is 15.5. The number of thiophene rings is 1. The first-order valence-corrected chi connectivity index (χ1v) is 7.46. The van der Waals surface area contributed by atoms with Gasteiger partial charge in [-0.15, -0.1) is 35.3 Å². The third kappa shape index (κ3) is 6.61. The Kier molecular flexibility index (Phi) is 9.43. The van der Waals surface area contributed by atoms with Crippen molar-refractivity contribution >= 4 is 41.3 Å². The van der Waals surface area contributed by atoms with Gasteiger partial charge in [-0.2, -0.15) is 0 Å². The minimum atomic E-state index is 0. The van der Waals surface area contributed by atoms with Crippen molar-refractivity contribution in [3.8, 4) is 0 Å². The van der Waals surface area contributed by atoms with Gasteiger partial charge in [0, 0.05) is 30.4 Å². The van der Waals surface area contributed by atoms with Gasteiger partial charge >= 0.3 is 0 Å². The molecule has 5 heteroatoms. The molecular formula is C14H26IN3S. The summed E-state index contributed by atoms with van der Waals surface area (Å²) in [5, 5.41) is 8.86. The van der Waals surface area contributed by atoms with E-state index in [1.807, 2.05) is 18.4 Å². The molecule has 0 atom stereocenters. The predicted octanol–water partition coefficient (Wildman–Crippen LogP) is 3.61. The van der Waals surface area contributed by atoms with E-state index in [1.165, 1.54) is 17.7 Å². The molecule has 0 saturated carbocycles. The Morgan fingerprint density at radius 2 is 2.11 bits per heavy atom. The number of halogens is 1. The van der Waals surface area contributed by atoms with Crippen molar-refractivity contribution in [1.29, 1.82) is 0 Å². The minimum absolute atomic E-state index is 0. The van der Waals surface area contributed by atoms with Gasteiger partial charge in [0.15, 0.2) is 5.96 Å². The summed E-state index contributed by atoms with van der Waals surface area (Å²) in [6.07, 6.45) is 2.37. The fourth-order valence-corrected chi connectivity index (χ4v) is 2.51. The lowest BCUT2D eigenvalue weighted by Gasteiger charge is -2.25. The van der Waals surface area contributed by atoms with Crippen molar-refractivity contribution in [2.45, 2.75) is 39.0 Å². The highest BCUT2D eigenvalue weighted by atomic mass is 127. The first-order chi connectivity index (χ1) is 8.60. The van der Waals surface area contributed by atoms with Gasteiger partial charge in [-0.25, -0.2) is 0 Å². The van der Waals surface area contributed by atoms with Crippen LogP contribution in [0, 0.1) is 0 Å². The van der Waals surface area contributed by atoms with E-state index in [1.54, 1.807) is 0 Å². The van der Waals surface area contributed by atoms with Gasteiger partial charge < -0.3 is 10.6 Å². The van der Waals surface area contributed by atoms with Crippen molar-refractivity contribution < 1.29 is 0 Å². The molecule has 0 saturated heterocycles. The van der Waals surface area contributed by atoms with Crippen molar-refractivity contribution in [3.05, 3.63) is 22.4 Å². The molecular weight excluding hydrogens is 369 g/mol. The van der Waals surface area contributed by atoms with E-state index < -0.39 is 0 Å². The minimum Gasteiger partial charge on any atom is -0.356 e. The van der Waals surface area contributed by atoms with Crippen LogP contribution >= 0.6 is 35.3 Å². The Morgan fingerprint density at radius 1 is 1.37 bits per heavy atom.